The Labute approximate surface area is 121 Å². The molecule has 0 aliphatic rings. The summed E-state index contributed by atoms with van der Waals surface area (Å²) >= 11 is 1.71. The smallest absolute Gasteiger partial charge is 0.133 e. The molecule has 0 bridgehead atoms. The van der Waals surface area contributed by atoms with E-state index in [0.29, 0.717) is 5.75 Å². The van der Waals surface area contributed by atoms with Crippen molar-refractivity contribution < 1.29 is 9.63 Å². The lowest BCUT2D eigenvalue weighted by atomic mass is 10.2. The molecular formula is C15H16N2O2S. The quantitative estimate of drug-likeness (QED) is 0.798. The molecule has 4 nitrogen and oxygen atoms in total. The monoisotopic (exact) mass is 288 g/mol. The van der Waals surface area contributed by atoms with Crippen LogP contribution in [0.15, 0.2) is 34.9 Å². The standard InChI is InChI=1S/C15H16N2O2S/c1-10-6-11(16-19-10)8-17(2)9-12-7-13-14(18)4-3-5-15(13)20-12/h3-7,18H,8-9H2,1-2H3. The van der Waals surface area contributed by atoms with Gasteiger partial charge in [-0.1, -0.05) is 11.2 Å². The number of hydrogen-bond donors (Lipinski definition) is 1. The van der Waals surface area contributed by atoms with Crippen molar-refractivity contribution in [2.24, 2.45) is 0 Å². The summed E-state index contributed by atoms with van der Waals surface area (Å²) < 4.78 is 6.19. The summed E-state index contributed by atoms with van der Waals surface area (Å²) in [5.74, 6) is 1.18. The number of hydrogen-bond acceptors (Lipinski definition) is 5. The average Bonchev–Trinajstić information content (AvgIpc) is 2.96. The molecule has 0 aliphatic carbocycles. The number of benzene rings is 1. The first-order valence-electron chi connectivity index (χ1n) is 6.43. The Bertz CT molecular complexity index is 732. The van der Waals surface area contributed by atoms with E-state index in [4.69, 9.17) is 4.52 Å². The highest BCUT2D eigenvalue weighted by molar-refractivity contribution is 7.19. The van der Waals surface area contributed by atoms with Crippen LogP contribution in [0, 0.1) is 6.92 Å². The van der Waals surface area contributed by atoms with E-state index in [-0.39, 0.29) is 0 Å². The molecule has 0 unspecified atom stereocenters. The number of aromatic nitrogens is 1. The third kappa shape index (κ3) is 2.69. The molecule has 0 amide bonds. The summed E-state index contributed by atoms with van der Waals surface area (Å²) in [6, 6.07) is 9.64. The minimum absolute atomic E-state index is 0.347. The Morgan fingerprint density at radius 1 is 1.30 bits per heavy atom. The molecule has 3 aromatic rings. The van der Waals surface area contributed by atoms with E-state index in [1.165, 1.54) is 4.88 Å². The lowest BCUT2D eigenvalue weighted by molar-refractivity contribution is 0.304. The average molecular weight is 288 g/mol. The zero-order chi connectivity index (χ0) is 14.1. The fraction of sp³-hybridized carbons (Fsp3) is 0.267. The summed E-state index contributed by atoms with van der Waals surface area (Å²) in [7, 11) is 2.05. The molecule has 1 aromatic carbocycles. The molecule has 20 heavy (non-hydrogen) atoms. The highest BCUT2D eigenvalue weighted by Crippen LogP contribution is 2.32. The summed E-state index contributed by atoms with van der Waals surface area (Å²) in [5.41, 5.74) is 0.939. The third-order valence-electron chi connectivity index (χ3n) is 3.12. The number of phenolic OH excluding ortho intramolecular Hbond substituents is 1. The molecule has 0 radical (unpaired) electrons. The minimum Gasteiger partial charge on any atom is -0.507 e. The van der Waals surface area contributed by atoms with E-state index >= 15 is 0 Å². The highest BCUT2D eigenvalue weighted by Gasteiger charge is 2.09. The Balaban J connectivity index is 1.74. The second kappa shape index (κ2) is 5.26. The molecule has 3 rings (SSSR count). The first-order chi connectivity index (χ1) is 9.61. The Morgan fingerprint density at radius 2 is 2.15 bits per heavy atom. The van der Waals surface area contributed by atoms with Gasteiger partial charge >= 0.3 is 0 Å². The fourth-order valence-corrected chi connectivity index (χ4v) is 3.43. The number of aryl methyl sites for hydroxylation is 1. The highest BCUT2D eigenvalue weighted by atomic mass is 32.1. The Kier molecular flexibility index (Phi) is 3.46. The number of aromatic hydroxyl groups is 1. The SMILES string of the molecule is Cc1cc(CN(C)Cc2cc3c(O)cccc3s2)no1. The van der Waals surface area contributed by atoms with Crippen LogP contribution in [0.25, 0.3) is 10.1 Å². The zero-order valence-corrected chi connectivity index (χ0v) is 12.3. The fourth-order valence-electron chi connectivity index (χ4n) is 2.27. The predicted molar refractivity (Wildman–Crippen MR) is 79.9 cm³/mol. The predicted octanol–water partition coefficient (Wildman–Crippen LogP) is 3.54. The van der Waals surface area contributed by atoms with Crippen LogP contribution in [-0.4, -0.2) is 22.2 Å². The van der Waals surface area contributed by atoms with Gasteiger partial charge in [-0.3, -0.25) is 4.90 Å². The molecule has 0 aliphatic heterocycles. The number of fused-ring (bicyclic) bond motifs is 1. The van der Waals surface area contributed by atoms with E-state index in [9.17, 15) is 5.11 Å². The van der Waals surface area contributed by atoms with E-state index in [1.54, 1.807) is 17.4 Å². The van der Waals surface area contributed by atoms with Crippen molar-refractivity contribution in [3.63, 3.8) is 0 Å². The molecule has 2 aromatic heterocycles. The van der Waals surface area contributed by atoms with Gasteiger partial charge in [0.1, 0.15) is 11.5 Å². The summed E-state index contributed by atoms with van der Waals surface area (Å²) in [6.45, 7) is 3.47. The molecule has 0 saturated carbocycles. The molecule has 1 N–H and O–H groups in total. The number of nitrogens with zero attached hydrogens (tertiary/aromatic N) is 2. The van der Waals surface area contributed by atoms with E-state index in [0.717, 1.165) is 34.6 Å². The summed E-state index contributed by atoms with van der Waals surface area (Å²) in [6.07, 6.45) is 0. The molecule has 104 valence electrons. The van der Waals surface area contributed by atoms with Crippen LogP contribution < -0.4 is 0 Å². The van der Waals surface area contributed by atoms with Crippen molar-refractivity contribution in [2.75, 3.05) is 7.05 Å². The van der Waals surface area contributed by atoms with Crippen LogP contribution in [0.2, 0.25) is 0 Å². The third-order valence-corrected chi connectivity index (χ3v) is 4.21. The number of rotatable bonds is 4. The molecule has 0 spiro atoms. The van der Waals surface area contributed by atoms with Gasteiger partial charge in [-0.15, -0.1) is 11.3 Å². The van der Waals surface area contributed by atoms with Gasteiger partial charge in [-0.05, 0) is 32.2 Å². The van der Waals surface area contributed by atoms with Gasteiger partial charge in [-0.2, -0.15) is 0 Å². The van der Waals surface area contributed by atoms with Gasteiger partial charge in [0.25, 0.3) is 0 Å². The van der Waals surface area contributed by atoms with Crippen molar-refractivity contribution in [1.82, 2.24) is 10.1 Å². The van der Waals surface area contributed by atoms with Crippen molar-refractivity contribution >= 4 is 21.4 Å². The minimum atomic E-state index is 0.347. The maximum atomic E-state index is 9.83. The number of thiophene rings is 1. The summed E-state index contributed by atoms with van der Waals surface area (Å²) in [5, 5.41) is 14.8. The first kappa shape index (κ1) is 13.1. The molecular weight excluding hydrogens is 272 g/mol. The van der Waals surface area contributed by atoms with E-state index in [2.05, 4.69) is 16.1 Å². The zero-order valence-electron chi connectivity index (χ0n) is 11.5. The number of phenols is 1. The molecule has 0 saturated heterocycles. The van der Waals surface area contributed by atoms with E-state index < -0.39 is 0 Å². The lowest BCUT2D eigenvalue weighted by Gasteiger charge is -2.13. The maximum Gasteiger partial charge on any atom is 0.133 e. The van der Waals surface area contributed by atoms with Crippen molar-refractivity contribution in [3.05, 3.63) is 46.7 Å². The van der Waals surface area contributed by atoms with Crippen LogP contribution in [0.3, 0.4) is 0 Å². The maximum absolute atomic E-state index is 9.83. The molecule has 2 heterocycles. The van der Waals surface area contributed by atoms with Crippen LogP contribution in [-0.2, 0) is 13.1 Å². The van der Waals surface area contributed by atoms with Crippen molar-refractivity contribution in [1.29, 1.82) is 0 Å². The van der Waals surface area contributed by atoms with Gasteiger partial charge in [-0.25, -0.2) is 0 Å². The van der Waals surface area contributed by atoms with Gasteiger partial charge < -0.3 is 9.63 Å². The van der Waals surface area contributed by atoms with Crippen LogP contribution in [0.1, 0.15) is 16.3 Å². The lowest BCUT2D eigenvalue weighted by Crippen LogP contribution is -2.16. The Morgan fingerprint density at radius 3 is 2.85 bits per heavy atom. The van der Waals surface area contributed by atoms with Gasteiger partial charge in [0.2, 0.25) is 0 Å². The normalized spacial score (nSPS) is 11.6. The molecule has 5 heteroatoms. The Hall–Kier alpha value is -1.85. The van der Waals surface area contributed by atoms with Crippen LogP contribution >= 0.6 is 11.3 Å². The van der Waals surface area contributed by atoms with E-state index in [1.807, 2.05) is 32.2 Å². The second-order valence-corrected chi connectivity index (χ2v) is 6.17. The van der Waals surface area contributed by atoms with Gasteiger partial charge in [0.05, 0.1) is 5.69 Å². The topological polar surface area (TPSA) is 49.5 Å². The van der Waals surface area contributed by atoms with Crippen LogP contribution in [0.4, 0.5) is 0 Å². The summed E-state index contributed by atoms with van der Waals surface area (Å²) in [4.78, 5) is 3.41. The van der Waals surface area contributed by atoms with Crippen molar-refractivity contribution in [3.8, 4) is 5.75 Å². The molecule has 0 atom stereocenters. The molecule has 0 fully saturated rings. The first-order valence-corrected chi connectivity index (χ1v) is 7.24. The van der Waals surface area contributed by atoms with Gasteiger partial charge in [0, 0.05) is 34.1 Å². The van der Waals surface area contributed by atoms with Gasteiger partial charge in [0.15, 0.2) is 0 Å². The largest absolute Gasteiger partial charge is 0.507 e. The second-order valence-electron chi connectivity index (χ2n) is 5.00. The van der Waals surface area contributed by atoms with Crippen molar-refractivity contribution in [2.45, 2.75) is 20.0 Å². The van der Waals surface area contributed by atoms with Crippen LogP contribution in [0.5, 0.6) is 5.75 Å².